The molecule has 2 N–H and O–H groups in total. The van der Waals surface area contributed by atoms with E-state index in [1.54, 1.807) is 0 Å². The third-order valence-electron chi connectivity index (χ3n) is 4.22. The Labute approximate surface area is 108 Å². The van der Waals surface area contributed by atoms with Crippen molar-refractivity contribution in [2.45, 2.75) is 44.4 Å². The van der Waals surface area contributed by atoms with Crippen LogP contribution >= 0.6 is 0 Å². The Kier molecular flexibility index (Phi) is 3.37. The predicted octanol–water partition coefficient (Wildman–Crippen LogP) is 3.75. The second kappa shape index (κ2) is 5.15. The predicted molar refractivity (Wildman–Crippen MR) is 74.9 cm³/mol. The molecule has 1 fully saturated rings. The van der Waals surface area contributed by atoms with E-state index in [9.17, 15) is 5.11 Å². The van der Waals surface area contributed by atoms with E-state index in [1.165, 1.54) is 54.3 Å². The lowest BCUT2D eigenvalue weighted by atomic mass is 9.85. The van der Waals surface area contributed by atoms with Crippen LogP contribution in [-0.4, -0.2) is 16.7 Å². The monoisotopic (exact) mass is 243 g/mol. The van der Waals surface area contributed by atoms with Gasteiger partial charge in [0.15, 0.2) is 0 Å². The molecular formula is C16H21NO. The highest BCUT2D eigenvalue weighted by molar-refractivity contribution is 5.84. The molecule has 18 heavy (non-hydrogen) atoms. The van der Waals surface area contributed by atoms with E-state index in [0.29, 0.717) is 5.92 Å². The van der Waals surface area contributed by atoms with Gasteiger partial charge in [-0.05, 0) is 36.8 Å². The fourth-order valence-electron chi connectivity index (χ4n) is 3.34. The van der Waals surface area contributed by atoms with Crippen LogP contribution in [0.3, 0.4) is 0 Å². The van der Waals surface area contributed by atoms with Gasteiger partial charge in [0, 0.05) is 23.2 Å². The molecule has 0 spiro atoms. The highest BCUT2D eigenvalue weighted by Gasteiger charge is 2.21. The van der Waals surface area contributed by atoms with Gasteiger partial charge < -0.3 is 10.1 Å². The Morgan fingerprint density at radius 1 is 1.11 bits per heavy atom. The number of fused-ring (bicyclic) bond motifs is 1. The summed E-state index contributed by atoms with van der Waals surface area (Å²) in [7, 11) is 0. The molecule has 0 atom stereocenters. The summed E-state index contributed by atoms with van der Waals surface area (Å²) in [6, 6.07) is 8.47. The highest BCUT2D eigenvalue weighted by atomic mass is 16.2. The molecule has 0 unspecified atom stereocenters. The smallest absolute Gasteiger partial charge is 0.0472 e. The van der Waals surface area contributed by atoms with Gasteiger partial charge in [0.2, 0.25) is 0 Å². The molecule has 0 saturated heterocycles. The first-order chi connectivity index (χ1) is 8.90. The number of aromatic nitrogens is 1. The zero-order valence-electron chi connectivity index (χ0n) is 10.8. The van der Waals surface area contributed by atoms with Crippen LogP contribution in [0.5, 0.6) is 0 Å². The van der Waals surface area contributed by atoms with Crippen molar-refractivity contribution in [3.8, 4) is 0 Å². The summed E-state index contributed by atoms with van der Waals surface area (Å²) < 4.78 is 0. The lowest BCUT2D eigenvalue weighted by Crippen LogP contribution is -2.08. The van der Waals surface area contributed by atoms with E-state index in [0.717, 1.165) is 6.42 Å². The number of hydrogen-bond donors (Lipinski definition) is 2. The van der Waals surface area contributed by atoms with Gasteiger partial charge in [0.1, 0.15) is 0 Å². The summed E-state index contributed by atoms with van der Waals surface area (Å²) in [6.45, 7) is 0.238. The van der Waals surface area contributed by atoms with Gasteiger partial charge in [-0.2, -0.15) is 0 Å². The van der Waals surface area contributed by atoms with Crippen molar-refractivity contribution < 1.29 is 5.11 Å². The molecule has 0 amide bonds. The lowest BCUT2D eigenvalue weighted by Gasteiger charge is -2.22. The number of H-pyrrole nitrogens is 1. The first kappa shape index (κ1) is 11.8. The van der Waals surface area contributed by atoms with Crippen LogP contribution in [-0.2, 0) is 6.42 Å². The number of aliphatic hydroxyl groups excluding tert-OH is 1. The normalized spacial score (nSPS) is 17.4. The zero-order valence-corrected chi connectivity index (χ0v) is 10.8. The van der Waals surface area contributed by atoms with E-state index < -0.39 is 0 Å². The maximum Gasteiger partial charge on any atom is 0.0472 e. The molecule has 2 heteroatoms. The van der Waals surface area contributed by atoms with Crippen LogP contribution in [0.2, 0.25) is 0 Å². The minimum atomic E-state index is 0.238. The molecule has 0 bridgehead atoms. The number of aromatic amines is 1. The summed E-state index contributed by atoms with van der Waals surface area (Å²) >= 11 is 0. The SMILES string of the molecule is OCCc1c(C2CCCCC2)[nH]c2ccccc12. The first-order valence-electron chi connectivity index (χ1n) is 7.10. The van der Waals surface area contributed by atoms with Crippen molar-refractivity contribution in [1.29, 1.82) is 0 Å². The fraction of sp³-hybridized carbons (Fsp3) is 0.500. The number of nitrogens with one attached hydrogen (secondary N) is 1. The van der Waals surface area contributed by atoms with Gasteiger partial charge in [-0.1, -0.05) is 37.5 Å². The van der Waals surface area contributed by atoms with Crippen molar-refractivity contribution in [2.75, 3.05) is 6.61 Å². The Morgan fingerprint density at radius 2 is 1.89 bits per heavy atom. The van der Waals surface area contributed by atoms with Gasteiger partial charge in [-0.25, -0.2) is 0 Å². The van der Waals surface area contributed by atoms with Crippen LogP contribution in [0.4, 0.5) is 0 Å². The number of hydrogen-bond acceptors (Lipinski definition) is 1. The van der Waals surface area contributed by atoms with Gasteiger partial charge in [0.05, 0.1) is 0 Å². The van der Waals surface area contributed by atoms with Crippen LogP contribution in [0, 0.1) is 0 Å². The van der Waals surface area contributed by atoms with E-state index in [2.05, 4.69) is 29.2 Å². The molecule has 1 aromatic heterocycles. The van der Waals surface area contributed by atoms with Crippen molar-refractivity contribution in [1.82, 2.24) is 4.98 Å². The second-order valence-electron chi connectivity index (χ2n) is 5.37. The lowest BCUT2D eigenvalue weighted by molar-refractivity contribution is 0.299. The van der Waals surface area contributed by atoms with E-state index in [1.807, 2.05) is 0 Å². The van der Waals surface area contributed by atoms with Gasteiger partial charge in [-0.3, -0.25) is 0 Å². The van der Waals surface area contributed by atoms with Crippen LogP contribution < -0.4 is 0 Å². The Balaban J connectivity index is 2.05. The Hall–Kier alpha value is -1.28. The average Bonchev–Trinajstić information content (AvgIpc) is 2.80. The quantitative estimate of drug-likeness (QED) is 0.846. The number of rotatable bonds is 3. The molecule has 1 heterocycles. The minimum Gasteiger partial charge on any atom is -0.396 e. The number of para-hydroxylation sites is 1. The molecule has 1 aliphatic carbocycles. The molecule has 96 valence electrons. The number of aliphatic hydroxyl groups is 1. The third-order valence-corrected chi connectivity index (χ3v) is 4.22. The van der Waals surface area contributed by atoms with Crippen LogP contribution in [0.25, 0.3) is 10.9 Å². The molecule has 2 aromatic rings. The van der Waals surface area contributed by atoms with Crippen LogP contribution in [0.1, 0.15) is 49.3 Å². The molecule has 2 nitrogen and oxygen atoms in total. The van der Waals surface area contributed by atoms with Crippen molar-refractivity contribution >= 4 is 10.9 Å². The number of benzene rings is 1. The maximum absolute atomic E-state index is 9.31. The molecule has 1 aliphatic rings. The standard InChI is InChI=1S/C16H21NO/c18-11-10-14-13-8-4-5-9-15(13)17-16(14)12-6-2-1-3-7-12/h4-5,8-9,12,17-18H,1-3,6-7,10-11H2. The molecule has 0 radical (unpaired) electrons. The zero-order chi connectivity index (χ0) is 12.4. The summed E-state index contributed by atoms with van der Waals surface area (Å²) in [5.74, 6) is 0.674. The Bertz CT molecular complexity index is 523. The first-order valence-corrected chi connectivity index (χ1v) is 7.10. The molecule has 1 saturated carbocycles. The highest BCUT2D eigenvalue weighted by Crippen LogP contribution is 2.36. The summed E-state index contributed by atoms with van der Waals surface area (Å²) in [4.78, 5) is 3.61. The molecular weight excluding hydrogens is 222 g/mol. The third kappa shape index (κ3) is 2.05. The molecule has 3 rings (SSSR count). The van der Waals surface area contributed by atoms with Gasteiger partial charge in [0.25, 0.3) is 0 Å². The minimum absolute atomic E-state index is 0.238. The molecule has 0 aliphatic heterocycles. The fourth-order valence-corrected chi connectivity index (χ4v) is 3.34. The Morgan fingerprint density at radius 3 is 2.67 bits per heavy atom. The van der Waals surface area contributed by atoms with E-state index in [4.69, 9.17) is 0 Å². The molecule has 1 aromatic carbocycles. The van der Waals surface area contributed by atoms with Crippen LogP contribution in [0.15, 0.2) is 24.3 Å². The van der Waals surface area contributed by atoms with E-state index in [-0.39, 0.29) is 6.61 Å². The average molecular weight is 243 g/mol. The van der Waals surface area contributed by atoms with E-state index >= 15 is 0 Å². The second-order valence-corrected chi connectivity index (χ2v) is 5.37. The largest absolute Gasteiger partial charge is 0.396 e. The van der Waals surface area contributed by atoms with Crippen molar-refractivity contribution in [2.24, 2.45) is 0 Å². The summed E-state index contributed by atoms with van der Waals surface area (Å²) in [6.07, 6.45) is 7.44. The maximum atomic E-state index is 9.31. The van der Waals surface area contributed by atoms with Gasteiger partial charge >= 0.3 is 0 Å². The topological polar surface area (TPSA) is 36.0 Å². The summed E-state index contributed by atoms with van der Waals surface area (Å²) in [5.41, 5.74) is 3.96. The summed E-state index contributed by atoms with van der Waals surface area (Å²) in [5, 5.41) is 10.6. The van der Waals surface area contributed by atoms with Crippen molar-refractivity contribution in [3.05, 3.63) is 35.5 Å². The van der Waals surface area contributed by atoms with Gasteiger partial charge in [-0.15, -0.1) is 0 Å². The van der Waals surface area contributed by atoms with Crippen molar-refractivity contribution in [3.63, 3.8) is 0 Å².